The van der Waals surface area contributed by atoms with E-state index in [0.717, 1.165) is 25.1 Å². The molecule has 1 nitrogen and oxygen atoms in total. The molecule has 1 aliphatic heterocycles. The summed E-state index contributed by atoms with van der Waals surface area (Å²) >= 11 is 0. The van der Waals surface area contributed by atoms with Crippen molar-refractivity contribution < 1.29 is 4.39 Å². The lowest BCUT2D eigenvalue weighted by Crippen LogP contribution is -2.23. The van der Waals surface area contributed by atoms with Gasteiger partial charge in [0, 0.05) is 6.54 Å². The summed E-state index contributed by atoms with van der Waals surface area (Å²) in [6.45, 7) is 2.08. The van der Waals surface area contributed by atoms with Crippen LogP contribution in [0.15, 0.2) is 29.8 Å². The van der Waals surface area contributed by atoms with Gasteiger partial charge in [-0.3, -0.25) is 0 Å². The predicted molar refractivity (Wildman–Crippen MR) is 63.7 cm³/mol. The van der Waals surface area contributed by atoms with Crippen molar-refractivity contribution >= 4 is 18.5 Å². The molecule has 0 saturated carbocycles. The van der Waals surface area contributed by atoms with E-state index in [9.17, 15) is 4.39 Å². The lowest BCUT2D eigenvalue weighted by Gasteiger charge is -2.15. The number of halogens is 2. The standard InChI is InChI=1S/C12H14FN.ClH/c13-12-5-3-10(4-6-12)8-11-2-1-7-14-9-11;/h3-6,8,14H,1-2,7,9H2;1H/b11-8-;. The third-order valence-corrected chi connectivity index (χ3v) is 2.44. The van der Waals surface area contributed by atoms with Gasteiger partial charge in [0.25, 0.3) is 0 Å². The van der Waals surface area contributed by atoms with E-state index in [1.807, 2.05) is 12.1 Å². The molecule has 1 heterocycles. The lowest BCUT2D eigenvalue weighted by molar-refractivity contribution is 0.613. The fraction of sp³-hybridized carbons (Fsp3) is 0.333. The summed E-state index contributed by atoms with van der Waals surface area (Å²) in [5, 5.41) is 3.32. The largest absolute Gasteiger partial charge is 0.313 e. The number of hydrogen-bond donors (Lipinski definition) is 1. The number of nitrogens with one attached hydrogen (secondary N) is 1. The Morgan fingerprint density at radius 3 is 2.53 bits per heavy atom. The monoisotopic (exact) mass is 227 g/mol. The van der Waals surface area contributed by atoms with Crippen LogP contribution in [0.4, 0.5) is 4.39 Å². The Labute approximate surface area is 95.8 Å². The normalized spacial score (nSPS) is 18.6. The first-order valence-electron chi connectivity index (χ1n) is 5.00. The fourth-order valence-electron chi connectivity index (χ4n) is 1.70. The first-order valence-corrected chi connectivity index (χ1v) is 5.00. The molecule has 0 atom stereocenters. The molecule has 0 bridgehead atoms. The number of hydrogen-bond acceptors (Lipinski definition) is 1. The van der Waals surface area contributed by atoms with Gasteiger partial charge in [-0.2, -0.15) is 0 Å². The van der Waals surface area contributed by atoms with Crippen molar-refractivity contribution in [1.29, 1.82) is 0 Å². The number of piperidine rings is 1. The van der Waals surface area contributed by atoms with E-state index >= 15 is 0 Å². The van der Waals surface area contributed by atoms with E-state index in [1.165, 1.54) is 24.1 Å². The first-order chi connectivity index (χ1) is 6.84. The Hall–Kier alpha value is -0.860. The second-order valence-electron chi connectivity index (χ2n) is 3.63. The van der Waals surface area contributed by atoms with Crippen molar-refractivity contribution in [2.45, 2.75) is 12.8 Å². The average Bonchev–Trinajstić information content (AvgIpc) is 2.23. The second-order valence-corrected chi connectivity index (χ2v) is 3.63. The average molecular weight is 228 g/mol. The summed E-state index contributed by atoms with van der Waals surface area (Å²) < 4.78 is 12.6. The second kappa shape index (κ2) is 5.89. The molecule has 1 aliphatic rings. The maximum absolute atomic E-state index is 12.6. The van der Waals surface area contributed by atoms with E-state index in [2.05, 4.69) is 11.4 Å². The molecule has 0 unspecified atom stereocenters. The first kappa shape index (κ1) is 12.2. The van der Waals surface area contributed by atoms with E-state index in [-0.39, 0.29) is 18.2 Å². The summed E-state index contributed by atoms with van der Waals surface area (Å²) in [6, 6.07) is 6.64. The van der Waals surface area contributed by atoms with Gasteiger partial charge in [-0.25, -0.2) is 4.39 Å². The van der Waals surface area contributed by atoms with E-state index in [4.69, 9.17) is 0 Å². The molecule has 0 aromatic heterocycles. The Morgan fingerprint density at radius 2 is 1.93 bits per heavy atom. The highest BCUT2D eigenvalue weighted by Crippen LogP contribution is 2.14. The van der Waals surface area contributed by atoms with Crippen LogP contribution in [0.2, 0.25) is 0 Å². The van der Waals surface area contributed by atoms with Gasteiger partial charge in [-0.05, 0) is 37.1 Å². The van der Waals surface area contributed by atoms with Crippen molar-refractivity contribution in [3.63, 3.8) is 0 Å². The predicted octanol–water partition coefficient (Wildman–Crippen LogP) is 3.01. The fourth-order valence-corrected chi connectivity index (χ4v) is 1.70. The highest BCUT2D eigenvalue weighted by Gasteiger charge is 2.03. The van der Waals surface area contributed by atoms with Crippen LogP contribution in [0.25, 0.3) is 6.08 Å². The molecule has 1 aromatic carbocycles. The molecule has 0 radical (unpaired) electrons. The van der Waals surface area contributed by atoms with Crippen molar-refractivity contribution in [1.82, 2.24) is 5.32 Å². The molecule has 1 fully saturated rings. The Bertz CT molecular complexity index is 324. The SMILES string of the molecule is Cl.Fc1ccc(/C=C2/CCCNC2)cc1. The molecule has 15 heavy (non-hydrogen) atoms. The molecule has 0 amide bonds. The van der Waals surface area contributed by atoms with Crippen molar-refractivity contribution in [2.24, 2.45) is 0 Å². The van der Waals surface area contributed by atoms with Gasteiger partial charge in [0.05, 0.1) is 0 Å². The summed E-state index contributed by atoms with van der Waals surface area (Å²) in [6.07, 6.45) is 4.50. The van der Waals surface area contributed by atoms with E-state index in [1.54, 1.807) is 0 Å². The van der Waals surface area contributed by atoms with Gasteiger partial charge in [0.2, 0.25) is 0 Å². The Morgan fingerprint density at radius 1 is 1.20 bits per heavy atom. The highest BCUT2D eigenvalue weighted by atomic mass is 35.5. The number of benzene rings is 1. The zero-order valence-electron chi connectivity index (χ0n) is 8.50. The molecule has 3 heteroatoms. The zero-order chi connectivity index (χ0) is 9.80. The van der Waals surface area contributed by atoms with Crippen LogP contribution in [0, 0.1) is 5.82 Å². The van der Waals surface area contributed by atoms with Crippen LogP contribution < -0.4 is 5.32 Å². The van der Waals surface area contributed by atoms with Gasteiger partial charge >= 0.3 is 0 Å². The zero-order valence-corrected chi connectivity index (χ0v) is 9.32. The lowest BCUT2D eigenvalue weighted by atomic mass is 10.0. The molecule has 82 valence electrons. The van der Waals surface area contributed by atoms with Gasteiger partial charge < -0.3 is 5.32 Å². The van der Waals surface area contributed by atoms with Crippen LogP contribution in [0.5, 0.6) is 0 Å². The minimum absolute atomic E-state index is 0. The molecule has 1 N–H and O–H groups in total. The minimum atomic E-state index is -0.172. The van der Waals surface area contributed by atoms with E-state index < -0.39 is 0 Å². The minimum Gasteiger partial charge on any atom is -0.313 e. The van der Waals surface area contributed by atoms with Crippen LogP contribution in [-0.2, 0) is 0 Å². The molecule has 0 spiro atoms. The Balaban J connectivity index is 0.00000112. The highest BCUT2D eigenvalue weighted by molar-refractivity contribution is 5.85. The summed E-state index contributed by atoms with van der Waals surface area (Å²) in [5.74, 6) is -0.172. The summed E-state index contributed by atoms with van der Waals surface area (Å²) in [7, 11) is 0. The summed E-state index contributed by atoms with van der Waals surface area (Å²) in [5.41, 5.74) is 2.49. The van der Waals surface area contributed by atoms with Gasteiger partial charge in [0.1, 0.15) is 5.82 Å². The van der Waals surface area contributed by atoms with Crippen LogP contribution >= 0.6 is 12.4 Å². The van der Waals surface area contributed by atoms with Gasteiger partial charge in [-0.15, -0.1) is 12.4 Å². The van der Waals surface area contributed by atoms with Gasteiger partial charge in [-0.1, -0.05) is 23.8 Å². The molecule has 1 saturated heterocycles. The third-order valence-electron chi connectivity index (χ3n) is 2.44. The van der Waals surface area contributed by atoms with Crippen LogP contribution in [0.3, 0.4) is 0 Å². The number of rotatable bonds is 1. The van der Waals surface area contributed by atoms with Crippen LogP contribution in [0.1, 0.15) is 18.4 Å². The van der Waals surface area contributed by atoms with Gasteiger partial charge in [0.15, 0.2) is 0 Å². The third kappa shape index (κ3) is 3.65. The quantitative estimate of drug-likeness (QED) is 0.778. The van der Waals surface area contributed by atoms with Crippen molar-refractivity contribution in [3.05, 3.63) is 41.2 Å². The molecule has 1 aromatic rings. The van der Waals surface area contributed by atoms with Crippen LogP contribution in [-0.4, -0.2) is 13.1 Å². The Kier molecular flexibility index (Phi) is 4.79. The van der Waals surface area contributed by atoms with Crippen molar-refractivity contribution in [3.8, 4) is 0 Å². The maximum Gasteiger partial charge on any atom is 0.123 e. The van der Waals surface area contributed by atoms with E-state index in [0.29, 0.717) is 0 Å². The molecular weight excluding hydrogens is 213 g/mol. The summed E-state index contributed by atoms with van der Waals surface area (Å²) in [4.78, 5) is 0. The molecule has 0 aliphatic carbocycles. The molecular formula is C12H15ClFN. The topological polar surface area (TPSA) is 12.0 Å². The van der Waals surface area contributed by atoms with Crippen molar-refractivity contribution in [2.75, 3.05) is 13.1 Å². The smallest absolute Gasteiger partial charge is 0.123 e. The molecule has 2 rings (SSSR count). The maximum atomic E-state index is 12.6.